The Morgan fingerprint density at radius 3 is 2.50 bits per heavy atom. The first kappa shape index (κ1) is 16.0. The highest BCUT2D eigenvalue weighted by atomic mass is 16.5. The van der Waals surface area contributed by atoms with Gasteiger partial charge < -0.3 is 9.84 Å². The van der Waals surface area contributed by atoms with Gasteiger partial charge in [-0.15, -0.1) is 0 Å². The number of carbonyl (C=O) groups excluding carboxylic acids is 1. The van der Waals surface area contributed by atoms with E-state index in [0.29, 0.717) is 18.5 Å². The Labute approximate surface area is 130 Å². The summed E-state index contributed by atoms with van der Waals surface area (Å²) in [7, 11) is 0. The molecule has 0 heterocycles. The summed E-state index contributed by atoms with van der Waals surface area (Å²) >= 11 is 0. The average molecular weight is 299 g/mol. The van der Waals surface area contributed by atoms with E-state index in [2.05, 4.69) is 5.32 Å². The van der Waals surface area contributed by atoms with Gasteiger partial charge in [0.15, 0.2) is 0 Å². The number of hydrogen-bond donors (Lipinski definition) is 2. The summed E-state index contributed by atoms with van der Waals surface area (Å²) in [6.45, 7) is 2.29. The van der Waals surface area contributed by atoms with Crippen LogP contribution in [-0.2, 0) is 4.74 Å². The molecule has 2 aromatic carbocycles. The molecule has 1 unspecified atom stereocenters. The highest BCUT2D eigenvalue weighted by molar-refractivity contribution is 5.84. The molecule has 4 heteroatoms. The quantitative estimate of drug-likeness (QED) is 0.791. The predicted octanol–water partition coefficient (Wildman–Crippen LogP) is 4.06. The first-order valence-corrected chi connectivity index (χ1v) is 7.38. The van der Waals surface area contributed by atoms with Crippen LogP contribution in [0.4, 0.5) is 10.5 Å². The lowest BCUT2D eigenvalue weighted by molar-refractivity contribution is 0.133. The Balaban J connectivity index is 1.66. The highest BCUT2D eigenvalue weighted by Gasteiger charge is 2.08. The maximum absolute atomic E-state index is 11.6. The van der Waals surface area contributed by atoms with Crippen molar-refractivity contribution >= 4 is 11.8 Å². The van der Waals surface area contributed by atoms with Gasteiger partial charge in [-0.1, -0.05) is 48.0 Å². The van der Waals surface area contributed by atoms with Gasteiger partial charge in [-0.05, 0) is 37.5 Å². The average Bonchev–Trinajstić information content (AvgIpc) is 2.53. The molecule has 0 saturated carbocycles. The van der Waals surface area contributed by atoms with Gasteiger partial charge in [0.25, 0.3) is 0 Å². The molecule has 0 aromatic heterocycles. The second-order valence-electron chi connectivity index (χ2n) is 5.20. The molecular formula is C18H21NO3. The summed E-state index contributed by atoms with van der Waals surface area (Å²) in [6.07, 6.45) is 0.163. The molecule has 4 nitrogen and oxygen atoms in total. The number of carbonyl (C=O) groups is 1. The second-order valence-corrected chi connectivity index (χ2v) is 5.20. The Morgan fingerprint density at radius 2 is 1.82 bits per heavy atom. The number of anilines is 1. The van der Waals surface area contributed by atoms with E-state index in [1.807, 2.05) is 49.4 Å². The molecule has 2 aromatic rings. The Kier molecular flexibility index (Phi) is 5.98. The zero-order valence-electron chi connectivity index (χ0n) is 12.7. The van der Waals surface area contributed by atoms with Crippen molar-refractivity contribution in [2.24, 2.45) is 0 Å². The maximum Gasteiger partial charge on any atom is 0.411 e. The standard InChI is InChI=1S/C18H21NO3/c1-14-9-11-15(12-10-14)17(20)8-5-13-22-18(21)19-16-6-3-2-4-7-16/h2-4,6-7,9-12,17,20H,5,8,13H2,1H3,(H,19,21). The summed E-state index contributed by atoms with van der Waals surface area (Å²) in [5.74, 6) is 0. The van der Waals surface area contributed by atoms with E-state index in [1.54, 1.807) is 12.1 Å². The van der Waals surface area contributed by atoms with Gasteiger partial charge in [0.2, 0.25) is 0 Å². The number of benzene rings is 2. The summed E-state index contributed by atoms with van der Waals surface area (Å²) in [4.78, 5) is 11.6. The molecule has 0 spiro atoms. The fraction of sp³-hybridized carbons (Fsp3) is 0.278. The number of aryl methyl sites for hydroxylation is 1. The number of amides is 1. The van der Waals surface area contributed by atoms with Crippen molar-refractivity contribution in [1.82, 2.24) is 0 Å². The van der Waals surface area contributed by atoms with Crippen molar-refractivity contribution < 1.29 is 14.6 Å². The molecule has 0 radical (unpaired) electrons. The fourth-order valence-corrected chi connectivity index (χ4v) is 2.07. The van der Waals surface area contributed by atoms with Crippen molar-refractivity contribution in [3.63, 3.8) is 0 Å². The molecule has 0 saturated heterocycles. The minimum Gasteiger partial charge on any atom is -0.449 e. The van der Waals surface area contributed by atoms with Crippen LogP contribution >= 0.6 is 0 Å². The molecule has 2 N–H and O–H groups in total. The van der Waals surface area contributed by atoms with Crippen molar-refractivity contribution in [3.8, 4) is 0 Å². The third kappa shape index (κ3) is 5.22. The van der Waals surface area contributed by atoms with E-state index in [0.717, 1.165) is 11.1 Å². The normalized spacial score (nSPS) is 11.7. The first-order valence-electron chi connectivity index (χ1n) is 7.38. The zero-order chi connectivity index (χ0) is 15.8. The van der Waals surface area contributed by atoms with E-state index in [9.17, 15) is 9.90 Å². The third-order valence-electron chi connectivity index (χ3n) is 3.34. The molecule has 0 aliphatic heterocycles. The predicted molar refractivity (Wildman–Crippen MR) is 86.8 cm³/mol. The number of rotatable bonds is 6. The van der Waals surface area contributed by atoms with Crippen molar-refractivity contribution in [2.45, 2.75) is 25.9 Å². The first-order chi connectivity index (χ1) is 10.6. The molecule has 22 heavy (non-hydrogen) atoms. The summed E-state index contributed by atoms with van der Waals surface area (Å²) in [6, 6.07) is 16.9. The summed E-state index contributed by atoms with van der Waals surface area (Å²) < 4.78 is 5.09. The lowest BCUT2D eigenvalue weighted by Crippen LogP contribution is -2.14. The molecule has 0 aliphatic rings. The molecule has 2 rings (SSSR count). The molecular weight excluding hydrogens is 278 g/mol. The van der Waals surface area contributed by atoms with E-state index < -0.39 is 12.2 Å². The number of para-hydroxylation sites is 1. The van der Waals surface area contributed by atoms with Gasteiger partial charge in [-0.2, -0.15) is 0 Å². The third-order valence-corrected chi connectivity index (χ3v) is 3.34. The second kappa shape index (κ2) is 8.20. The highest BCUT2D eigenvalue weighted by Crippen LogP contribution is 2.18. The lowest BCUT2D eigenvalue weighted by Gasteiger charge is -2.11. The van der Waals surface area contributed by atoms with Crippen LogP contribution < -0.4 is 5.32 Å². The zero-order valence-corrected chi connectivity index (χ0v) is 12.7. The number of aliphatic hydroxyl groups is 1. The van der Waals surface area contributed by atoms with E-state index in [1.165, 1.54) is 0 Å². The monoisotopic (exact) mass is 299 g/mol. The van der Waals surface area contributed by atoms with Crippen molar-refractivity contribution in [3.05, 3.63) is 65.7 Å². The van der Waals surface area contributed by atoms with Crippen LogP contribution in [0.2, 0.25) is 0 Å². The molecule has 0 aliphatic carbocycles. The minimum absolute atomic E-state index is 0.279. The van der Waals surface area contributed by atoms with Crippen LogP contribution in [0.15, 0.2) is 54.6 Å². The summed E-state index contributed by atoms with van der Waals surface area (Å²) in [5, 5.41) is 12.7. The molecule has 1 atom stereocenters. The van der Waals surface area contributed by atoms with Gasteiger partial charge in [-0.25, -0.2) is 4.79 Å². The topological polar surface area (TPSA) is 58.6 Å². The molecule has 1 amide bonds. The lowest BCUT2D eigenvalue weighted by atomic mass is 10.0. The van der Waals surface area contributed by atoms with Crippen LogP contribution in [0.5, 0.6) is 0 Å². The Bertz CT molecular complexity index is 581. The SMILES string of the molecule is Cc1ccc(C(O)CCCOC(=O)Nc2ccccc2)cc1. The Morgan fingerprint density at radius 1 is 1.14 bits per heavy atom. The molecule has 116 valence electrons. The van der Waals surface area contributed by atoms with Crippen LogP contribution in [0.25, 0.3) is 0 Å². The number of ether oxygens (including phenoxy) is 1. The van der Waals surface area contributed by atoms with Gasteiger partial charge in [-0.3, -0.25) is 5.32 Å². The molecule has 0 bridgehead atoms. The van der Waals surface area contributed by atoms with Crippen LogP contribution in [0.3, 0.4) is 0 Å². The van der Waals surface area contributed by atoms with Crippen molar-refractivity contribution in [1.29, 1.82) is 0 Å². The smallest absolute Gasteiger partial charge is 0.411 e. The van der Waals surface area contributed by atoms with E-state index >= 15 is 0 Å². The number of aliphatic hydroxyl groups excluding tert-OH is 1. The minimum atomic E-state index is -0.526. The van der Waals surface area contributed by atoms with Crippen LogP contribution in [0.1, 0.15) is 30.1 Å². The van der Waals surface area contributed by atoms with E-state index in [-0.39, 0.29) is 6.61 Å². The van der Waals surface area contributed by atoms with Crippen LogP contribution in [-0.4, -0.2) is 17.8 Å². The Hall–Kier alpha value is -2.33. The summed E-state index contributed by atoms with van der Waals surface area (Å²) in [5.41, 5.74) is 2.75. The van der Waals surface area contributed by atoms with Gasteiger partial charge in [0, 0.05) is 5.69 Å². The van der Waals surface area contributed by atoms with Gasteiger partial charge in [0.1, 0.15) is 0 Å². The number of hydrogen-bond acceptors (Lipinski definition) is 3. The number of nitrogens with one attached hydrogen (secondary N) is 1. The van der Waals surface area contributed by atoms with Crippen molar-refractivity contribution in [2.75, 3.05) is 11.9 Å². The van der Waals surface area contributed by atoms with Gasteiger partial charge >= 0.3 is 6.09 Å². The largest absolute Gasteiger partial charge is 0.449 e. The van der Waals surface area contributed by atoms with Gasteiger partial charge in [0.05, 0.1) is 12.7 Å². The van der Waals surface area contributed by atoms with Crippen LogP contribution in [0, 0.1) is 6.92 Å². The molecule has 0 fully saturated rings. The maximum atomic E-state index is 11.6. The fourth-order valence-electron chi connectivity index (χ4n) is 2.07. The van der Waals surface area contributed by atoms with E-state index in [4.69, 9.17) is 4.74 Å².